The van der Waals surface area contributed by atoms with Crippen LogP contribution in [-0.4, -0.2) is 67.4 Å². The van der Waals surface area contributed by atoms with E-state index in [2.05, 4.69) is 26.7 Å². The summed E-state index contributed by atoms with van der Waals surface area (Å²) in [6.45, 7) is 5.89. The molecule has 3 heterocycles. The first-order chi connectivity index (χ1) is 13.7. The Morgan fingerprint density at radius 3 is 2.89 bits per heavy atom. The Hall–Kier alpha value is -2.25. The van der Waals surface area contributed by atoms with E-state index in [9.17, 15) is 4.39 Å². The summed E-state index contributed by atoms with van der Waals surface area (Å²) in [5.74, 6) is 1.56. The molecule has 7 heteroatoms. The third-order valence-electron chi connectivity index (χ3n) is 5.61. The minimum absolute atomic E-state index is 0.167. The van der Waals surface area contributed by atoms with Crippen LogP contribution < -0.4 is 9.80 Å². The minimum Gasteiger partial charge on any atom is -0.378 e. The van der Waals surface area contributed by atoms with Crippen molar-refractivity contribution in [3.63, 3.8) is 0 Å². The topological polar surface area (TPSA) is 44.7 Å². The zero-order valence-corrected chi connectivity index (χ0v) is 16.4. The summed E-state index contributed by atoms with van der Waals surface area (Å²) in [6, 6.07) is 9.27. The maximum absolute atomic E-state index is 13.5. The number of nitrogens with zero attached hydrogens (tertiary/aromatic N) is 5. The van der Waals surface area contributed by atoms with Gasteiger partial charge in [-0.25, -0.2) is 9.37 Å². The van der Waals surface area contributed by atoms with Gasteiger partial charge in [-0.2, -0.15) is 4.98 Å². The van der Waals surface area contributed by atoms with Gasteiger partial charge in [0, 0.05) is 45.5 Å². The van der Waals surface area contributed by atoms with Gasteiger partial charge in [-0.15, -0.1) is 0 Å². The van der Waals surface area contributed by atoms with E-state index >= 15 is 0 Å². The Morgan fingerprint density at radius 1 is 1.21 bits per heavy atom. The summed E-state index contributed by atoms with van der Waals surface area (Å²) in [5, 5.41) is 0. The largest absolute Gasteiger partial charge is 0.378 e. The van der Waals surface area contributed by atoms with Gasteiger partial charge in [-0.3, -0.25) is 4.90 Å². The monoisotopic (exact) mass is 385 g/mol. The lowest BCUT2D eigenvalue weighted by Gasteiger charge is -2.38. The van der Waals surface area contributed by atoms with Gasteiger partial charge in [0.1, 0.15) is 11.6 Å². The molecule has 150 valence electrons. The molecule has 0 N–H and O–H groups in total. The molecule has 1 aromatic carbocycles. The predicted octanol–water partition coefficient (Wildman–Crippen LogP) is 2.55. The zero-order chi connectivity index (χ0) is 19.3. The van der Waals surface area contributed by atoms with E-state index in [1.165, 1.54) is 6.07 Å². The Kier molecular flexibility index (Phi) is 6.02. The van der Waals surface area contributed by atoms with Crippen LogP contribution in [0.1, 0.15) is 18.4 Å². The van der Waals surface area contributed by atoms with E-state index in [0.717, 1.165) is 76.1 Å². The first kappa shape index (κ1) is 19.1. The van der Waals surface area contributed by atoms with Crippen molar-refractivity contribution in [2.75, 3.05) is 56.2 Å². The Bertz CT molecular complexity index is 783. The molecule has 4 rings (SSSR count). The minimum atomic E-state index is -0.167. The van der Waals surface area contributed by atoms with E-state index in [-0.39, 0.29) is 5.82 Å². The van der Waals surface area contributed by atoms with Crippen molar-refractivity contribution in [3.05, 3.63) is 47.9 Å². The first-order valence-electron chi connectivity index (χ1n) is 10.0. The molecule has 0 saturated carbocycles. The van der Waals surface area contributed by atoms with Crippen LogP contribution in [0.3, 0.4) is 0 Å². The maximum Gasteiger partial charge on any atom is 0.227 e. The molecule has 0 amide bonds. The quantitative estimate of drug-likeness (QED) is 0.788. The SMILES string of the molecule is CN(c1ccnc(N2CCOCC2)n1)C1CCCN(Cc2cccc(F)c2)C1. The van der Waals surface area contributed by atoms with Crippen LogP contribution in [-0.2, 0) is 11.3 Å². The maximum atomic E-state index is 13.5. The molecule has 1 unspecified atom stereocenters. The number of hydrogen-bond acceptors (Lipinski definition) is 6. The fraction of sp³-hybridized carbons (Fsp3) is 0.524. The van der Waals surface area contributed by atoms with Crippen LogP contribution in [0.5, 0.6) is 0 Å². The van der Waals surface area contributed by atoms with Crippen LogP contribution in [0.2, 0.25) is 0 Å². The molecule has 0 bridgehead atoms. The number of morpholine rings is 1. The van der Waals surface area contributed by atoms with E-state index in [1.807, 2.05) is 18.3 Å². The third-order valence-corrected chi connectivity index (χ3v) is 5.61. The number of anilines is 2. The first-order valence-corrected chi connectivity index (χ1v) is 10.0. The second-order valence-electron chi connectivity index (χ2n) is 7.59. The molecular formula is C21H28FN5O. The van der Waals surface area contributed by atoms with Crippen LogP contribution in [0.15, 0.2) is 36.5 Å². The molecule has 28 heavy (non-hydrogen) atoms. The molecule has 2 aliphatic heterocycles. The molecule has 6 nitrogen and oxygen atoms in total. The van der Waals surface area contributed by atoms with Gasteiger partial charge in [-0.05, 0) is 43.1 Å². The summed E-state index contributed by atoms with van der Waals surface area (Å²) in [4.78, 5) is 16.1. The van der Waals surface area contributed by atoms with Crippen molar-refractivity contribution < 1.29 is 9.13 Å². The van der Waals surface area contributed by atoms with Gasteiger partial charge in [0.15, 0.2) is 0 Å². The average Bonchev–Trinajstić information content (AvgIpc) is 2.74. The summed E-state index contributed by atoms with van der Waals surface area (Å²) in [7, 11) is 2.11. The number of piperidine rings is 1. The number of likely N-dealkylation sites (tertiary alicyclic amines) is 1. The molecule has 0 spiro atoms. The third kappa shape index (κ3) is 4.59. The molecule has 2 aromatic rings. The molecule has 0 radical (unpaired) electrons. The molecule has 2 saturated heterocycles. The summed E-state index contributed by atoms with van der Waals surface area (Å²) in [6.07, 6.45) is 4.11. The molecular weight excluding hydrogens is 357 g/mol. The summed E-state index contributed by atoms with van der Waals surface area (Å²) < 4.78 is 18.9. The van der Waals surface area contributed by atoms with E-state index in [1.54, 1.807) is 12.1 Å². The van der Waals surface area contributed by atoms with Crippen LogP contribution >= 0.6 is 0 Å². The molecule has 2 fully saturated rings. The van der Waals surface area contributed by atoms with Gasteiger partial charge in [0.25, 0.3) is 0 Å². The van der Waals surface area contributed by atoms with E-state index in [0.29, 0.717) is 6.04 Å². The fourth-order valence-electron chi connectivity index (χ4n) is 4.02. The number of ether oxygens (including phenoxy) is 1. The lowest BCUT2D eigenvalue weighted by molar-refractivity contribution is 0.122. The van der Waals surface area contributed by atoms with Crippen LogP contribution in [0, 0.1) is 5.82 Å². The van der Waals surface area contributed by atoms with Crippen molar-refractivity contribution in [2.45, 2.75) is 25.4 Å². The number of aromatic nitrogens is 2. The van der Waals surface area contributed by atoms with Crippen molar-refractivity contribution in [2.24, 2.45) is 0 Å². The van der Waals surface area contributed by atoms with Crippen molar-refractivity contribution in [1.82, 2.24) is 14.9 Å². The van der Waals surface area contributed by atoms with Crippen molar-refractivity contribution in [3.8, 4) is 0 Å². The van der Waals surface area contributed by atoms with Crippen LogP contribution in [0.4, 0.5) is 16.2 Å². The van der Waals surface area contributed by atoms with Gasteiger partial charge in [0.2, 0.25) is 5.95 Å². The van der Waals surface area contributed by atoms with Gasteiger partial charge in [0.05, 0.1) is 13.2 Å². The van der Waals surface area contributed by atoms with Crippen LogP contribution in [0.25, 0.3) is 0 Å². The highest BCUT2D eigenvalue weighted by Gasteiger charge is 2.25. The van der Waals surface area contributed by atoms with Gasteiger partial charge in [-0.1, -0.05) is 12.1 Å². The highest BCUT2D eigenvalue weighted by Crippen LogP contribution is 2.23. The molecule has 1 atom stereocenters. The van der Waals surface area contributed by atoms with Crippen molar-refractivity contribution in [1.29, 1.82) is 0 Å². The number of halogens is 1. The molecule has 0 aliphatic carbocycles. The van der Waals surface area contributed by atoms with E-state index in [4.69, 9.17) is 9.72 Å². The number of hydrogen-bond donors (Lipinski definition) is 0. The summed E-state index contributed by atoms with van der Waals surface area (Å²) >= 11 is 0. The number of rotatable bonds is 5. The number of likely N-dealkylation sites (N-methyl/N-ethyl adjacent to an activating group) is 1. The lowest BCUT2D eigenvalue weighted by Crippen LogP contribution is -2.46. The second kappa shape index (κ2) is 8.84. The molecule has 2 aliphatic rings. The smallest absolute Gasteiger partial charge is 0.227 e. The fourth-order valence-corrected chi connectivity index (χ4v) is 4.02. The zero-order valence-electron chi connectivity index (χ0n) is 16.4. The predicted molar refractivity (Wildman–Crippen MR) is 108 cm³/mol. The summed E-state index contributed by atoms with van der Waals surface area (Å²) in [5.41, 5.74) is 1.03. The highest BCUT2D eigenvalue weighted by atomic mass is 19.1. The van der Waals surface area contributed by atoms with Crippen molar-refractivity contribution >= 4 is 11.8 Å². The molecule has 1 aromatic heterocycles. The Morgan fingerprint density at radius 2 is 2.07 bits per heavy atom. The lowest BCUT2D eigenvalue weighted by atomic mass is 10.0. The Balaban J connectivity index is 1.41. The normalized spacial score (nSPS) is 20.9. The Labute approximate surface area is 165 Å². The van der Waals surface area contributed by atoms with Gasteiger partial charge < -0.3 is 14.5 Å². The standard InChI is InChI=1S/C21H28FN5O/c1-25(20-7-8-23-21(24-20)27-10-12-28-13-11-27)19-6-3-9-26(16-19)15-17-4-2-5-18(22)14-17/h2,4-5,7-8,14,19H,3,6,9-13,15-16H2,1H3. The van der Waals surface area contributed by atoms with E-state index < -0.39 is 0 Å². The number of benzene rings is 1. The second-order valence-corrected chi connectivity index (χ2v) is 7.59. The average molecular weight is 385 g/mol. The highest BCUT2D eigenvalue weighted by molar-refractivity contribution is 5.44. The van der Waals surface area contributed by atoms with Gasteiger partial charge >= 0.3 is 0 Å².